The van der Waals surface area contributed by atoms with E-state index in [2.05, 4.69) is 20.6 Å². The molecular weight excluding hydrogens is 270 g/mol. The summed E-state index contributed by atoms with van der Waals surface area (Å²) < 4.78 is 6.95. The van der Waals surface area contributed by atoms with Crippen LogP contribution in [0.4, 0.5) is 5.69 Å². The highest BCUT2D eigenvalue weighted by Crippen LogP contribution is 2.22. The lowest BCUT2D eigenvalue weighted by Crippen LogP contribution is -2.04. The van der Waals surface area contributed by atoms with Crippen molar-refractivity contribution in [3.8, 4) is 23.0 Å². The Kier molecular flexibility index (Phi) is 3.65. The molecule has 0 bridgehead atoms. The van der Waals surface area contributed by atoms with E-state index in [4.69, 9.17) is 9.63 Å². The van der Waals surface area contributed by atoms with Crippen LogP contribution in [0.2, 0.25) is 0 Å². The van der Waals surface area contributed by atoms with Gasteiger partial charge in [0.2, 0.25) is 5.82 Å². The van der Waals surface area contributed by atoms with Gasteiger partial charge in [-0.1, -0.05) is 5.16 Å². The first-order valence-electron chi connectivity index (χ1n) is 6.55. The maximum atomic E-state index is 8.77. The second-order valence-corrected chi connectivity index (χ2v) is 4.53. The van der Waals surface area contributed by atoms with Crippen LogP contribution in [-0.2, 0) is 7.05 Å². The molecule has 0 amide bonds. The van der Waals surface area contributed by atoms with Gasteiger partial charge in [-0.2, -0.15) is 10.1 Å². The number of aryl methyl sites for hydroxylation is 1. The van der Waals surface area contributed by atoms with E-state index in [1.165, 1.54) is 0 Å². The lowest BCUT2D eigenvalue weighted by Gasteiger charge is -2.03. The Labute approximate surface area is 121 Å². The molecule has 0 saturated carbocycles. The van der Waals surface area contributed by atoms with E-state index in [1.807, 2.05) is 43.6 Å². The number of benzene rings is 1. The summed E-state index contributed by atoms with van der Waals surface area (Å²) in [4.78, 5) is 4.34. The maximum Gasteiger partial charge on any atom is 0.258 e. The summed E-state index contributed by atoms with van der Waals surface area (Å²) in [5.74, 6) is 0.914. The third kappa shape index (κ3) is 2.92. The summed E-state index contributed by atoms with van der Waals surface area (Å²) >= 11 is 0. The lowest BCUT2D eigenvalue weighted by molar-refractivity contribution is 0.311. The first-order valence-corrected chi connectivity index (χ1v) is 6.55. The molecule has 3 aromatic rings. The van der Waals surface area contributed by atoms with Crippen molar-refractivity contribution in [2.75, 3.05) is 18.5 Å². The highest BCUT2D eigenvalue weighted by molar-refractivity contribution is 5.60. The molecule has 2 heterocycles. The number of anilines is 1. The molecule has 0 unspecified atom stereocenters. The minimum Gasteiger partial charge on any atom is -0.395 e. The van der Waals surface area contributed by atoms with Gasteiger partial charge in [0.25, 0.3) is 5.89 Å². The average Bonchev–Trinajstić information content (AvgIpc) is 3.14. The Morgan fingerprint density at radius 3 is 2.71 bits per heavy atom. The number of aromatic nitrogens is 4. The Morgan fingerprint density at radius 1 is 1.24 bits per heavy atom. The van der Waals surface area contributed by atoms with Crippen LogP contribution in [0.3, 0.4) is 0 Å². The lowest BCUT2D eigenvalue weighted by atomic mass is 10.2. The summed E-state index contributed by atoms with van der Waals surface area (Å²) in [6.07, 6.45) is 1.83. The van der Waals surface area contributed by atoms with Crippen molar-refractivity contribution >= 4 is 5.69 Å². The van der Waals surface area contributed by atoms with E-state index in [0.717, 1.165) is 11.3 Å². The molecular formula is C14H15N5O2. The van der Waals surface area contributed by atoms with Gasteiger partial charge < -0.3 is 14.9 Å². The van der Waals surface area contributed by atoms with Crippen LogP contribution >= 0.6 is 0 Å². The second-order valence-electron chi connectivity index (χ2n) is 4.53. The molecule has 21 heavy (non-hydrogen) atoms. The Morgan fingerprint density at radius 2 is 2.05 bits per heavy atom. The van der Waals surface area contributed by atoms with Crippen molar-refractivity contribution in [1.29, 1.82) is 0 Å². The smallest absolute Gasteiger partial charge is 0.258 e. The number of nitrogens with zero attached hydrogens (tertiary/aromatic N) is 4. The van der Waals surface area contributed by atoms with Crippen molar-refractivity contribution in [3.05, 3.63) is 36.5 Å². The Hall–Kier alpha value is -2.67. The molecule has 0 fully saturated rings. The van der Waals surface area contributed by atoms with Crippen molar-refractivity contribution in [2.24, 2.45) is 7.05 Å². The van der Waals surface area contributed by atoms with E-state index in [-0.39, 0.29) is 6.61 Å². The van der Waals surface area contributed by atoms with Crippen LogP contribution in [0.5, 0.6) is 0 Å². The second kappa shape index (κ2) is 5.76. The molecule has 108 valence electrons. The molecule has 0 radical (unpaired) electrons. The predicted molar refractivity (Wildman–Crippen MR) is 77.5 cm³/mol. The minimum atomic E-state index is 0.0961. The molecule has 0 aliphatic heterocycles. The topological polar surface area (TPSA) is 89.0 Å². The number of aliphatic hydroxyl groups excluding tert-OH is 1. The fraction of sp³-hybridized carbons (Fsp3) is 0.214. The van der Waals surface area contributed by atoms with Gasteiger partial charge in [-0.25, -0.2) is 0 Å². The van der Waals surface area contributed by atoms with Gasteiger partial charge in [-0.3, -0.25) is 4.68 Å². The fourth-order valence-electron chi connectivity index (χ4n) is 1.91. The molecule has 0 aliphatic rings. The molecule has 0 saturated heterocycles. The number of nitrogens with one attached hydrogen (secondary N) is 1. The van der Waals surface area contributed by atoms with E-state index >= 15 is 0 Å². The number of hydrogen-bond acceptors (Lipinski definition) is 6. The number of aliphatic hydroxyl groups is 1. The van der Waals surface area contributed by atoms with Crippen molar-refractivity contribution in [2.45, 2.75) is 0 Å². The monoisotopic (exact) mass is 285 g/mol. The largest absolute Gasteiger partial charge is 0.395 e. The first-order chi connectivity index (χ1) is 10.3. The van der Waals surface area contributed by atoms with E-state index in [0.29, 0.717) is 24.0 Å². The van der Waals surface area contributed by atoms with E-state index in [9.17, 15) is 0 Å². The van der Waals surface area contributed by atoms with Crippen LogP contribution < -0.4 is 5.32 Å². The first kappa shape index (κ1) is 13.3. The molecule has 1 aromatic carbocycles. The van der Waals surface area contributed by atoms with Crippen molar-refractivity contribution < 1.29 is 9.63 Å². The van der Waals surface area contributed by atoms with Gasteiger partial charge in [-0.15, -0.1) is 0 Å². The molecule has 0 aliphatic carbocycles. The van der Waals surface area contributed by atoms with E-state index in [1.54, 1.807) is 4.68 Å². The summed E-state index contributed by atoms with van der Waals surface area (Å²) in [6, 6.07) is 9.40. The molecule has 0 atom stereocenters. The predicted octanol–water partition coefficient (Wildman–Crippen LogP) is 1.54. The van der Waals surface area contributed by atoms with Gasteiger partial charge in [0.15, 0.2) is 0 Å². The SMILES string of the molecule is Cn1ccc(-c2noc(-c3ccc(NCCO)cc3)n2)n1. The van der Waals surface area contributed by atoms with Crippen LogP contribution in [-0.4, -0.2) is 38.2 Å². The fourth-order valence-corrected chi connectivity index (χ4v) is 1.91. The zero-order chi connectivity index (χ0) is 14.7. The zero-order valence-electron chi connectivity index (χ0n) is 11.5. The van der Waals surface area contributed by atoms with Crippen LogP contribution in [0, 0.1) is 0 Å². The summed E-state index contributed by atoms with van der Waals surface area (Å²) in [7, 11) is 1.84. The van der Waals surface area contributed by atoms with Gasteiger partial charge in [0.1, 0.15) is 5.69 Å². The Bertz CT molecular complexity index is 717. The summed E-state index contributed by atoms with van der Waals surface area (Å²) in [5.41, 5.74) is 2.44. The molecule has 0 spiro atoms. The molecule has 2 N–H and O–H groups in total. The highest BCUT2D eigenvalue weighted by atomic mass is 16.5. The summed E-state index contributed by atoms with van der Waals surface area (Å²) in [6.45, 7) is 0.614. The van der Waals surface area contributed by atoms with Gasteiger partial charge in [0, 0.05) is 31.0 Å². The molecule has 7 heteroatoms. The molecule has 3 rings (SSSR count). The van der Waals surface area contributed by atoms with Crippen molar-refractivity contribution in [1.82, 2.24) is 19.9 Å². The average molecular weight is 285 g/mol. The van der Waals surface area contributed by atoms with Gasteiger partial charge >= 0.3 is 0 Å². The van der Waals surface area contributed by atoms with Gasteiger partial charge in [0.05, 0.1) is 6.61 Å². The highest BCUT2D eigenvalue weighted by Gasteiger charge is 2.12. The maximum absolute atomic E-state index is 8.77. The third-order valence-electron chi connectivity index (χ3n) is 2.94. The quantitative estimate of drug-likeness (QED) is 0.739. The van der Waals surface area contributed by atoms with Gasteiger partial charge in [-0.05, 0) is 30.3 Å². The summed E-state index contributed by atoms with van der Waals surface area (Å²) in [5, 5.41) is 20.0. The third-order valence-corrected chi connectivity index (χ3v) is 2.94. The Balaban J connectivity index is 1.79. The molecule has 2 aromatic heterocycles. The van der Waals surface area contributed by atoms with Crippen LogP contribution in [0.15, 0.2) is 41.1 Å². The minimum absolute atomic E-state index is 0.0961. The number of hydrogen-bond donors (Lipinski definition) is 2. The molecule has 7 nitrogen and oxygen atoms in total. The zero-order valence-corrected chi connectivity index (χ0v) is 11.5. The standard InChI is InChI=1S/C14H15N5O2/c1-19-8-6-12(17-19)13-16-14(21-18-13)10-2-4-11(5-3-10)15-7-9-20/h2-6,8,15,20H,7,9H2,1H3. The van der Waals surface area contributed by atoms with Crippen LogP contribution in [0.25, 0.3) is 23.0 Å². The number of rotatable bonds is 5. The van der Waals surface area contributed by atoms with Crippen LogP contribution in [0.1, 0.15) is 0 Å². The van der Waals surface area contributed by atoms with E-state index < -0.39 is 0 Å². The van der Waals surface area contributed by atoms with Crippen molar-refractivity contribution in [3.63, 3.8) is 0 Å². The normalized spacial score (nSPS) is 10.8.